The molecule has 6 nitrogen and oxygen atoms in total. The Balaban J connectivity index is 0.868. The second-order valence-electron chi connectivity index (χ2n) is 41.3. The van der Waals surface area contributed by atoms with Crippen molar-refractivity contribution in [2.75, 3.05) is 9.80 Å². The fourth-order valence-electron chi connectivity index (χ4n) is 21.4. The third kappa shape index (κ3) is 12.7. The molecule has 0 aliphatic carbocycles. The third-order valence-electron chi connectivity index (χ3n) is 28.1. The molecule has 0 spiro atoms. The van der Waals surface area contributed by atoms with Crippen molar-refractivity contribution in [3.63, 3.8) is 0 Å². The Bertz CT molecular complexity index is 7520. The van der Waals surface area contributed by atoms with Gasteiger partial charge in [-0.15, -0.1) is 0 Å². The average molecular weight is 1670 g/mol. The molecule has 0 bridgehead atoms. The Labute approximate surface area is 757 Å². The highest BCUT2D eigenvalue weighted by atomic mass is 15.2. The Kier molecular flexibility index (Phi) is 17.9. The number of benzene rings is 17. The fraction of sp³-hybridized carbons (Fsp3) is 0.164. The minimum Gasteiger partial charge on any atom is -0.310 e. The van der Waals surface area contributed by atoms with E-state index in [9.17, 15) is 0 Å². The quantitative estimate of drug-likeness (QED) is 0.128. The summed E-state index contributed by atoms with van der Waals surface area (Å²) in [4.78, 5) is 5.52. The first-order chi connectivity index (χ1) is 62.2. The lowest BCUT2D eigenvalue weighted by molar-refractivity contribution is 0.590. The number of aromatic nitrogens is 4. The lowest BCUT2D eigenvalue weighted by atomic mass is 9.33. The van der Waals surface area contributed by atoms with Gasteiger partial charge in [0.25, 0.3) is 6.71 Å². The van der Waals surface area contributed by atoms with Gasteiger partial charge in [0.05, 0.1) is 55.5 Å². The van der Waals surface area contributed by atoms with Gasteiger partial charge in [0, 0.05) is 111 Å². The van der Waals surface area contributed by atoms with E-state index in [4.69, 9.17) is 0 Å². The fourth-order valence-corrected chi connectivity index (χ4v) is 21.4. The molecule has 23 rings (SSSR count). The van der Waals surface area contributed by atoms with Crippen LogP contribution in [0.4, 0.5) is 34.1 Å². The molecule has 626 valence electrons. The van der Waals surface area contributed by atoms with Crippen LogP contribution in [-0.4, -0.2) is 25.0 Å². The van der Waals surface area contributed by atoms with Gasteiger partial charge < -0.3 is 28.1 Å². The Morgan fingerprint density at radius 1 is 0.186 bits per heavy atom. The minimum atomic E-state index is -0.389. The van der Waals surface area contributed by atoms with Gasteiger partial charge in [-0.05, 0) is 203 Å². The molecule has 21 aromatic rings. The summed E-state index contributed by atoms with van der Waals surface area (Å²) < 4.78 is 10.1. The van der Waals surface area contributed by atoms with Crippen molar-refractivity contribution in [3.8, 4) is 67.3 Å². The predicted molar refractivity (Wildman–Crippen MR) is 553 cm³/mol. The molecule has 17 aromatic carbocycles. The summed E-state index contributed by atoms with van der Waals surface area (Å²) >= 11 is 0. The van der Waals surface area contributed by atoms with Crippen LogP contribution >= 0.6 is 0 Å². The normalized spacial score (nSPS) is 13.2. The van der Waals surface area contributed by atoms with E-state index < -0.39 is 0 Å². The largest absolute Gasteiger partial charge is 0.310 e. The van der Waals surface area contributed by atoms with Crippen molar-refractivity contribution in [2.45, 2.75) is 131 Å². The number of para-hydroxylation sites is 8. The molecule has 4 aromatic heterocycles. The van der Waals surface area contributed by atoms with Crippen LogP contribution in [-0.2, 0) is 27.1 Å². The zero-order valence-corrected chi connectivity index (χ0v) is 76.4. The Hall–Kier alpha value is -14.4. The van der Waals surface area contributed by atoms with E-state index in [1.807, 2.05) is 0 Å². The van der Waals surface area contributed by atoms with Crippen molar-refractivity contribution in [1.29, 1.82) is 0 Å². The molecule has 0 N–H and O–H groups in total. The maximum atomic E-state index is 2.76. The number of fused-ring (bicyclic) bond motifs is 16. The summed E-state index contributed by atoms with van der Waals surface area (Å²) in [5, 5.41) is 9.62. The monoisotopic (exact) mass is 1660 g/mol. The highest BCUT2D eigenvalue weighted by Gasteiger charge is 2.47. The van der Waals surface area contributed by atoms with Gasteiger partial charge in [-0.1, -0.05) is 359 Å². The number of rotatable bonds is 10. The summed E-state index contributed by atoms with van der Waals surface area (Å²) in [5.41, 5.74) is 38.9. The van der Waals surface area contributed by atoms with Crippen molar-refractivity contribution < 1.29 is 0 Å². The zero-order chi connectivity index (χ0) is 88.2. The lowest BCUT2D eigenvalue weighted by Crippen LogP contribution is -2.61. The van der Waals surface area contributed by atoms with E-state index in [-0.39, 0.29) is 33.8 Å². The predicted octanol–water partition coefficient (Wildman–Crippen LogP) is 31.3. The van der Waals surface area contributed by atoms with Gasteiger partial charge in [0.15, 0.2) is 0 Å². The van der Waals surface area contributed by atoms with Crippen LogP contribution < -0.4 is 26.2 Å². The molecular formula is C122H105BN6. The molecule has 0 atom stereocenters. The molecule has 0 saturated carbocycles. The van der Waals surface area contributed by atoms with Crippen LogP contribution in [0.5, 0.6) is 0 Å². The van der Waals surface area contributed by atoms with Crippen molar-refractivity contribution in [2.24, 2.45) is 0 Å². The summed E-state index contributed by atoms with van der Waals surface area (Å²) in [6.07, 6.45) is 0. The molecule has 2 aliphatic heterocycles. The lowest BCUT2D eigenvalue weighted by Gasteiger charge is -2.46. The van der Waals surface area contributed by atoms with Crippen molar-refractivity contribution >= 4 is 144 Å². The van der Waals surface area contributed by atoms with Crippen LogP contribution in [0.25, 0.3) is 154 Å². The first-order valence-corrected chi connectivity index (χ1v) is 46.0. The molecule has 0 unspecified atom stereocenters. The molecule has 7 heteroatoms. The van der Waals surface area contributed by atoms with Crippen LogP contribution in [0, 0.1) is 0 Å². The highest BCUT2D eigenvalue weighted by molar-refractivity contribution is 7.00. The van der Waals surface area contributed by atoms with Crippen LogP contribution in [0.1, 0.15) is 132 Å². The van der Waals surface area contributed by atoms with E-state index in [0.717, 1.165) is 123 Å². The van der Waals surface area contributed by atoms with E-state index in [0.29, 0.717) is 0 Å². The number of hydrogen-bond donors (Lipinski definition) is 0. The summed E-state index contributed by atoms with van der Waals surface area (Å²) in [5.74, 6) is 0. The summed E-state index contributed by atoms with van der Waals surface area (Å²) in [6, 6.07) is 141. The second kappa shape index (κ2) is 29.1. The summed E-state index contributed by atoms with van der Waals surface area (Å²) in [6.45, 7) is 34.8. The van der Waals surface area contributed by atoms with Gasteiger partial charge >= 0.3 is 0 Å². The van der Waals surface area contributed by atoms with Crippen molar-refractivity contribution in [3.05, 3.63) is 392 Å². The Morgan fingerprint density at radius 3 is 0.713 bits per heavy atom. The van der Waals surface area contributed by atoms with Gasteiger partial charge in [-0.3, -0.25) is 0 Å². The van der Waals surface area contributed by atoms with Crippen molar-refractivity contribution in [1.82, 2.24) is 18.3 Å². The molecule has 129 heavy (non-hydrogen) atoms. The van der Waals surface area contributed by atoms with Gasteiger partial charge in [0.1, 0.15) is 0 Å². The van der Waals surface area contributed by atoms with Gasteiger partial charge in [-0.25, -0.2) is 0 Å². The van der Waals surface area contributed by atoms with E-state index in [1.165, 1.54) is 109 Å². The molecule has 0 fully saturated rings. The summed E-state index contributed by atoms with van der Waals surface area (Å²) in [7, 11) is 0. The molecular weight excluding hydrogens is 1560 g/mol. The molecule has 0 saturated heterocycles. The topological polar surface area (TPSA) is 26.2 Å². The van der Waals surface area contributed by atoms with Crippen LogP contribution in [0.15, 0.2) is 364 Å². The molecule has 0 amide bonds. The van der Waals surface area contributed by atoms with E-state index in [1.54, 1.807) is 0 Å². The number of anilines is 6. The van der Waals surface area contributed by atoms with Gasteiger partial charge in [0.2, 0.25) is 0 Å². The minimum absolute atomic E-state index is 0.0753. The number of hydrogen-bond acceptors (Lipinski definition) is 2. The first kappa shape index (κ1) is 79.3. The van der Waals surface area contributed by atoms with Gasteiger partial charge in [-0.2, -0.15) is 0 Å². The maximum Gasteiger partial charge on any atom is 0.252 e. The number of nitrogens with zero attached hydrogens (tertiary/aromatic N) is 6. The second-order valence-corrected chi connectivity index (χ2v) is 41.3. The van der Waals surface area contributed by atoms with Crippen LogP contribution in [0.3, 0.4) is 0 Å². The Morgan fingerprint density at radius 2 is 0.442 bits per heavy atom. The van der Waals surface area contributed by atoms with E-state index >= 15 is 0 Å². The smallest absolute Gasteiger partial charge is 0.252 e. The maximum absolute atomic E-state index is 2.76. The molecule has 2 aliphatic rings. The third-order valence-corrected chi connectivity index (χ3v) is 28.1. The average Bonchev–Trinajstić information content (AvgIpc) is 0.813. The zero-order valence-electron chi connectivity index (χ0n) is 76.4. The highest BCUT2D eigenvalue weighted by Crippen LogP contribution is 2.56. The first-order valence-electron chi connectivity index (χ1n) is 46.0. The van der Waals surface area contributed by atoms with Crippen LogP contribution in [0.2, 0.25) is 0 Å². The SMILES string of the molecule is CC(C)(C)c1ccc(-c2cccc(-c3ccc(C(C)(C)C)cc3)c2N2c3cc(-n4c5ccccc5c5cc6c(cc54)c4ccccc4n6-c4ccccc4)ccc3B3c4ccc(-n5c6ccccc6c6cc7c(cc65)c5ccccc5n7-c5ccccc5)cc4N(c4c(-c5ccc(C(C)(C)C)cc5)cccc4-c4ccc(C(C)(C)C)cc4)c4cc(C(C)(C)C)cc2c43)cc1. The van der Waals surface area contributed by atoms with E-state index in [2.05, 4.69) is 496 Å². The molecule has 0 radical (unpaired) electrons. The standard InChI is InChI=1S/C122H105BN6/c1-118(2,3)80-56-48-76(49-57-80)89-40-30-41-90(77-50-58-81(59-51-77)119(4,5)6)116(89)128-111-70-87(126-105-46-28-24-38-95(105)99-72-107-97(74-109(99)126)93-36-22-26-44-103(93)124(107)85-32-18-16-19-33-85)64-66-101(111)123-102-67-65-88(127-106-47-29-25-39-96(106)100-73-108-98(75-110(100)127)94-37-23-27-45-104(94)125(108)86-34-20-17-21-35-86)71-112(102)129(114-69-84(122(13,14)15)68-113(128)115(114)123)117-91(78-52-60-82(61-53-78)120(7,8)9)42-31-43-92(117)79-54-62-83(63-55-79)121(10,11)12/h16-75H,1-15H3. The molecule has 6 heterocycles.